The second-order valence-corrected chi connectivity index (χ2v) is 21.0. The van der Waals surface area contributed by atoms with E-state index < -0.39 is 150 Å². The van der Waals surface area contributed by atoms with Crippen molar-refractivity contribution in [3.8, 4) is 0 Å². The highest BCUT2D eigenvalue weighted by molar-refractivity contribution is 5.83. The summed E-state index contributed by atoms with van der Waals surface area (Å²) >= 11 is 0. The number of Topliss-reactive ketones (excluding diaryl/α,β-unsaturated/α-hetero) is 1. The van der Waals surface area contributed by atoms with Gasteiger partial charge in [-0.1, -0.05) is 27.7 Å². The van der Waals surface area contributed by atoms with E-state index in [1.54, 1.807) is 55.4 Å². The van der Waals surface area contributed by atoms with Gasteiger partial charge in [-0.2, -0.15) is 0 Å². The molecule has 4 aliphatic heterocycles. The van der Waals surface area contributed by atoms with E-state index in [1.807, 2.05) is 44.9 Å². The maximum absolute atomic E-state index is 14.7. The number of cyclic esters (lactones) is 1. The molecule has 19 heteroatoms. The Morgan fingerprint density at radius 3 is 1.87 bits per heavy atom. The van der Waals surface area contributed by atoms with E-state index in [2.05, 4.69) is 0 Å². The highest BCUT2D eigenvalue weighted by Gasteiger charge is 2.56. The first-order chi connectivity index (χ1) is 30.9. The summed E-state index contributed by atoms with van der Waals surface area (Å²) in [7, 11) is 7.37. The molecule has 4 saturated heterocycles. The van der Waals surface area contributed by atoms with Crippen LogP contribution >= 0.6 is 0 Å². The zero-order chi connectivity index (χ0) is 50.8. The first-order valence-electron chi connectivity index (χ1n) is 24.0. The molecule has 19 nitrogen and oxygen atoms in total. The zero-order valence-corrected chi connectivity index (χ0v) is 43.0. The summed E-state index contributed by atoms with van der Waals surface area (Å²) in [6.45, 7) is 20.7. The van der Waals surface area contributed by atoms with Crippen molar-refractivity contribution in [2.75, 3.05) is 28.2 Å². The Morgan fingerprint density at radius 2 is 1.31 bits per heavy atom. The molecule has 4 N–H and O–H groups in total. The summed E-state index contributed by atoms with van der Waals surface area (Å²) in [4.78, 5) is 58.0. The molecule has 0 aromatic heterocycles. The van der Waals surface area contributed by atoms with E-state index in [0.717, 1.165) is 0 Å². The van der Waals surface area contributed by atoms with Gasteiger partial charge >= 0.3 is 17.9 Å². The SMILES string of the molecule is CCC1OC(=O)C(C)C(OC2CC(C)(OC(C)=O)C(OC(C)=O)C(C)O2)C(C)C(OC2OC(C)CC(N(C)C)C2O)C(C)(OC2CC(N(C)C)C(O)C(C)O2)CC(C)C(=O)C(C)C(O)C1(C)O. The summed E-state index contributed by atoms with van der Waals surface area (Å²) < 4.78 is 57.9. The van der Waals surface area contributed by atoms with Crippen LogP contribution < -0.4 is 0 Å². The molecule has 0 spiro atoms. The van der Waals surface area contributed by atoms with Gasteiger partial charge in [-0.15, -0.1) is 0 Å². The van der Waals surface area contributed by atoms with Crippen molar-refractivity contribution in [2.45, 2.75) is 231 Å². The Kier molecular flexibility index (Phi) is 19.4. The Bertz CT molecular complexity index is 1680. The summed E-state index contributed by atoms with van der Waals surface area (Å²) in [5, 5.41) is 46.9. The van der Waals surface area contributed by atoms with E-state index in [0.29, 0.717) is 6.42 Å². The number of ether oxygens (including phenoxy) is 9. The van der Waals surface area contributed by atoms with Gasteiger partial charge < -0.3 is 72.9 Å². The van der Waals surface area contributed by atoms with Crippen LogP contribution in [0, 0.1) is 23.7 Å². The number of aliphatic hydroxyl groups excluding tert-OH is 3. The molecular weight excluding hydrogens is 877 g/mol. The molecule has 4 rings (SSSR count). The van der Waals surface area contributed by atoms with E-state index in [1.165, 1.54) is 27.7 Å². The average molecular weight is 961 g/mol. The second-order valence-electron chi connectivity index (χ2n) is 21.0. The standard InChI is InChI=1S/C48H84N2O17/c1-18-34-48(13,58)41(56)25(4)37(53)23(2)21-46(11,67-35-20-33(50(16)17)38(54)28(7)60-35)42(65-45-39(55)32(49(14)15)19-24(3)59-45)26(5)40(27(6)44(57)63-34)64-36-22-47(12,66-31(10)52)43(29(8)61-36)62-30(9)51/h23-29,32-36,38-43,45,54-56,58H,18-22H2,1-17H3. The lowest BCUT2D eigenvalue weighted by Crippen LogP contribution is -2.63. The number of rotatable bonds is 11. The predicted molar refractivity (Wildman–Crippen MR) is 242 cm³/mol. The van der Waals surface area contributed by atoms with E-state index in [4.69, 9.17) is 42.6 Å². The van der Waals surface area contributed by atoms with Crippen LogP contribution in [0.4, 0.5) is 0 Å². The molecule has 0 aromatic carbocycles. The minimum atomic E-state index is -2.09. The lowest BCUT2D eigenvalue weighted by Gasteiger charge is -2.51. The average Bonchev–Trinajstić information content (AvgIpc) is 3.21. The first-order valence-corrected chi connectivity index (χ1v) is 24.0. The highest BCUT2D eigenvalue weighted by atomic mass is 16.7. The van der Waals surface area contributed by atoms with Crippen LogP contribution in [0.15, 0.2) is 0 Å². The Hall–Kier alpha value is -2.40. The Labute approximate surface area is 397 Å². The predicted octanol–water partition coefficient (Wildman–Crippen LogP) is 2.72. The molecule has 4 aliphatic rings. The van der Waals surface area contributed by atoms with Crippen LogP contribution in [0.5, 0.6) is 0 Å². The monoisotopic (exact) mass is 961 g/mol. The van der Waals surface area contributed by atoms with Crippen molar-refractivity contribution in [1.29, 1.82) is 0 Å². The van der Waals surface area contributed by atoms with Gasteiger partial charge in [-0.05, 0) is 95.9 Å². The highest BCUT2D eigenvalue weighted by Crippen LogP contribution is 2.44. The van der Waals surface area contributed by atoms with Crippen molar-refractivity contribution in [3.63, 3.8) is 0 Å². The third-order valence-electron chi connectivity index (χ3n) is 14.7. The minimum absolute atomic E-state index is 0.0732. The number of likely N-dealkylation sites (N-methyl/N-ethyl adjacent to an activating group) is 2. The maximum atomic E-state index is 14.7. The lowest BCUT2D eigenvalue weighted by molar-refractivity contribution is -0.340. The second kappa shape index (κ2) is 22.8. The molecule has 0 aromatic rings. The number of carbonyl (C=O) groups excluding carboxylic acids is 4. The van der Waals surface area contributed by atoms with Crippen molar-refractivity contribution in [3.05, 3.63) is 0 Å². The van der Waals surface area contributed by atoms with Gasteiger partial charge in [0, 0.05) is 56.5 Å². The third-order valence-corrected chi connectivity index (χ3v) is 14.7. The van der Waals surface area contributed by atoms with Crippen molar-refractivity contribution >= 4 is 23.7 Å². The molecule has 4 fully saturated rings. The molecule has 0 amide bonds. The largest absolute Gasteiger partial charge is 0.459 e. The van der Waals surface area contributed by atoms with Crippen LogP contribution in [0.1, 0.15) is 122 Å². The lowest BCUT2D eigenvalue weighted by atomic mass is 9.73. The number of carbonyl (C=O) groups is 4. The number of esters is 3. The van der Waals surface area contributed by atoms with Crippen LogP contribution in [0.3, 0.4) is 0 Å². The molecule has 0 aliphatic carbocycles. The van der Waals surface area contributed by atoms with Crippen LogP contribution in [-0.2, 0) is 61.8 Å². The number of ketones is 1. The van der Waals surface area contributed by atoms with Crippen LogP contribution in [-0.4, -0.2) is 191 Å². The van der Waals surface area contributed by atoms with E-state index >= 15 is 0 Å². The van der Waals surface area contributed by atoms with Crippen molar-refractivity contribution in [2.24, 2.45) is 23.7 Å². The fourth-order valence-electron chi connectivity index (χ4n) is 11.0. The molecule has 0 radical (unpaired) electrons. The summed E-state index contributed by atoms with van der Waals surface area (Å²) in [6, 6.07) is -0.803. The number of nitrogens with zero attached hydrogens (tertiary/aromatic N) is 2. The zero-order valence-electron chi connectivity index (χ0n) is 43.0. The van der Waals surface area contributed by atoms with Gasteiger partial charge in [-0.25, -0.2) is 0 Å². The topological polar surface area (TPSA) is 239 Å². The summed E-state index contributed by atoms with van der Waals surface area (Å²) in [6.07, 6.45) is -13.4. The van der Waals surface area contributed by atoms with Gasteiger partial charge in [-0.3, -0.25) is 19.2 Å². The first kappa shape index (κ1) is 57.2. The third kappa shape index (κ3) is 13.1. The van der Waals surface area contributed by atoms with Crippen molar-refractivity contribution < 1.29 is 82.2 Å². The number of hydrogen-bond donors (Lipinski definition) is 4. The minimum Gasteiger partial charge on any atom is -0.459 e. The summed E-state index contributed by atoms with van der Waals surface area (Å²) in [5.74, 6) is -6.67. The molecule has 4 heterocycles. The molecule has 0 saturated carbocycles. The van der Waals surface area contributed by atoms with Gasteiger partial charge in [0.2, 0.25) is 0 Å². The van der Waals surface area contributed by atoms with Gasteiger partial charge in [0.25, 0.3) is 0 Å². The quantitative estimate of drug-likeness (QED) is 0.172. The molecule has 388 valence electrons. The number of hydrogen-bond acceptors (Lipinski definition) is 19. The van der Waals surface area contributed by atoms with Crippen LogP contribution in [0.2, 0.25) is 0 Å². The van der Waals surface area contributed by atoms with E-state index in [-0.39, 0.29) is 31.8 Å². The number of aliphatic hydroxyl groups is 4. The van der Waals surface area contributed by atoms with Gasteiger partial charge in [0.05, 0.1) is 54.2 Å². The summed E-state index contributed by atoms with van der Waals surface area (Å²) in [5.41, 5.74) is -5.13. The van der Waals surface area contributed by atoms with E-state index in [9.17, 15) is 39.6 Å². The van der Waals surface area contributed by atoms with Gasteiger partial charge in [0.15, 0.2) is 30.6 Å². The molecule has 0 bridgehead atoms. The molecule has 67 heavy (non-hydrogen) atoms. The smallest absolute Gasteiger partial charge is 0.311 e. The fourth-order valence-corrected chi connectivity index (χ4v) is 11.0. The molecular formula is C48H84N2O17. The van der Waals surface area contributed by atoms with Gasteiger partial charge in [0.1, 0.15) is 23.6 Å². The molecule has 22 atom stereocenters. The fraction of sp³-hybridized carbons (Fsp3) is 0.917. The Balaban J connectivity index is 2.00. The normalized spacial score (nSPS) is 46.4. The van der Waals surface area contributed by atoms with Crippen molar-refractivity contribution in [1.82, 2.24) is 9.80 Å². The van der Waals surface area contributed by atoms with Crippen LogP contribution in [0.25, 0.3) is 0 Å². The Morgan fingerprint density at radius 1 is 0.731 bits per heavy atom. The maximum Gasteiger partial charge on any atom is 0.311 e. The molecule has 22 unspecified atom stereocenters.